The number of imidazole rings is 1. The first-order valence-corrected chi connectivity index (χ1v) is 5.53. The van der Waals surface area contributed by atoms with Gasteiger partial charge in [-0.05, 0) is 47.7 Å². The largest absolute Gasteiger partial charge is 0.268 e. The van der Waals surface area contributed by atoms with Gasteiger partial charge in [-0.2, -0.15) is 0 Å². The highest BCUT2D eigenvalue weighted by Crippen LogP contribution is 2.20. The van der Waals surface area contributed by atoms with E-state index in [2.05, 4.69) is 71.4 Å². The smallest absolute Gasteiger partial charge is 0.115 e. The van der Waals surface area contributed by atoms with Gasteiger partial charge in [-0.1, -0.05) is 0 Å². The number of aryl methyl sites for hydroxylation is 1. The molecule has 0 fully saturated rings. The maximum absolute atomic E-state index is 4.41. The van der Waals surface area contributed by atoms with E-state index in [1.54, 1.807) is 0 Å². The molecule has 1 aromatic heterocycles. The van der Waals surface area contributed by atoms with Crippen LogP contribution < -0.4 is 0 Å². The van der Waals surface area contributed by atoms with Crippen molar-refractivity contribution in [3.05, 3.63) is 27.6 Å². The van der Waals surface area contributed by atoms with Crippen molar-refractivity contribution in [2.24, 2.45) is 0 Å². The maximum atomic E-state index is 4.41. The lowest BCUT2D eigenvalue weighted by Crippen LogP contribution is -1.81. The molecule has 2 rings (SSSR count). The molecule has 0 radical (unpaired) electrons. The maximum Gasteiger partial charge on any atom is 0.115 e. The lowest BCUT2D eigenvalue weighted by atomic mass is 10.3. The molecule has 0 saturated heterocycles. The Hall–Kier alpha value is 0.150. The SMILES string of the molecule is Cc1nc2ccc(I)cc2n1I. The fraction of sp³-hybridized carbons (Fsp3) is 0.125. The zero-order chi connectivity index (χ0) is 8.72. The molecule has 2 aromatic rings. The first-order valence-electron chi connectivity index (χ1n) is 3.49. The van der Waals surface area contributed by atoms with E-state index < -0.39 is 0 Å². The zero-order valence-electron chi connectivity index (χ0n) is 6.38. The molecule has 0 saturated carbocycles. The fourth-order valence-corrected chi connectivity index (χ4v) is 2.11. The van der Waals surface area contributed by atoms with Crippen molar-refractivity contribution in [2.45, 2.75) is 6.92 Å². The van der Waals surface area contributed by atoms with Crippen LogP contribution in [0.3, 0.4) is 0 Å². The van der Waals surface area contributed by atoms with Crippen LogP contribution in [0.15, 0.2) is 18.2 Å². The average Bonchev–Trinajstić information content (AvgIpc) is 2.31. The lowest BCUT2D eigenvalue weighted by Gasteiger charge is -1.93. The van der Waals surface area contributed by atoms with Gasteiger partial charge in [0.1, 0.15) is 5.82 Å². The van der Waals surface area contributed by atoms with E-state index >= 15 is 0 Å². The number of hydrogen-bond acceptors (Lipinski definition) is 1. The van der Waals surface area contributed by atoms with Crippen LogP contribution in [0, 0.1) is 10.5 Å². The molecule has 0 aliphatic rings. The molecule has 0 bridgehead atoms. The number of halogens is 2. The van der Waals surface area contributed by atoms with E-state index in [0.29, 0.717) is 0 Å². The molecule has 4 heteroatoms. The molecule has 0 spiro atoms. The summed E-state index contributed by atoms with van der Waals surface area (Å²) in [5.74, 6) is 1.05. The molecule has 62 valence electrons. The van der Waals surface area contributed by atoms with E-state index in [0.717, 1.165) is 11.3 Å². The van der Waals surface area contributed by atoms with Gasteiger partial charge in [-0.15, -0.1) is 0 Å². The van der Waals surface area contributed by atoms with Gasteiger partial charge >= 0.3 is 0 Å². The average molecular weight is 384 g/mol. The highest BCUT2D eigenvalue weighted by molar-refractivity contribution is 14.1. The number of fused-ring (bicyclic) bond motifs is 1. The molecule has 0 N–H and O–H groups in total. The van der Waals surface area contributed by atoms with Gasteiger partial charge in [-0.25, -0.2) is 4.98 Å². The van der Waals surface area contributed by atoms with Crippen LogP contribution in [0.2, 0.25) is 0 Å². The van der Waals surface area contributed by atoms with Crippen molar-refractivity contribution in [3.8, 4) is 0 Å². The Morgan fingerprint density at radius 1 is 1.42 bits per heavy atom. The molecule has 0 amide bonds. The van der Waals surface area contributed by atoms with Crippen LogP contribution in [0.4, 0.5) is 0 Å². The molecule has 2 nitrogen and oxygen atoms in total. The first kappa shape index (κ1) is 8.74. The second kappa shape index (κ2) is 3.13. The van der Waals surface area contributed by atoms with Gasteiger partial charge in [0.15, 0.2) is 0 Å². The van der Waals surface area contributed by atoms with E-state index in [4.69, 9.17) is 0 Å². The van der Waals surface area contributed by atoms with Crippen molar-refractivity contribution < 1.29 is 0 Å². The van der Waals surface area contributed by atoms with Crippen molar-refractivity contribution in [2.75, 3.05) is 0 Å². The van der Waals surface area contributed by atoms with Crippen LogP contribution in [-0.4, -0.2) is 7.76 Å². The lowest BCUT2D eigenvalue weighted by molar-refractivity contribution is 1.15. The number of rotatable bonds is 0. The molecule has 0 unspecified atom stereocenters. The molecular weight excluding hydrogens is 378 g/mol. The third-order valence-electron chi connectivity index (χ3n) is 1.72. The van der Waals surface area contributed by atoms with Crippen molar-refractivity contribution >= 4 is 56.5 Å². The van der Waals surface area contributed by atoms with Gasteiger partial charge in [0, 0.05) is 3.57 Å². The number of aromatic nitrogens is 2. The number of hydrogen-bond donors (Lipinski definition) is 0. The molecule has 0 aliphatic carbocycles. The topological polar surface area (TPSA) is 17.8 Å². The van der Waals surface area contributed by atoms with Crippen molar-refractivity contribution in [3.63, 3.8) is 0 Å². The molecule has 12 heavy (non-hydrogen) atoms. The second-order valence-electron chi connectivity index (χ2n) is 2.57. The van der Waals surface area contributed by atoms with Gasteiger partial charge in [0.05, 0.1) is 33.9 Å². The summed E-state index contributed by atoms with van der Waals surface area (Å²) in [6.45, 7) is 2.01. The summed E-state index contributed by atoms with van der Waals surface area (Å²) in [4.78, 5) is 4.41. The predicted molar refractivity (Wildman–Crippen MR) is 66.6 cm³/mol. The van der Waals surface area contributed by atoms with Crippen LogP contribution in [0.5, 0.6) is 0 Å². The second-order valence-corrected chi connectivity index (χ2v) is 4.78. The minimum absolute atomic E-state index is 1.05. The molecule has 0 atom stereocenters. The minimum atomic E-state index is 1.05. The van der Waals surface area contributed by atoms with Crippen molar-refractivity contribution in [1.29, 1.82) is 0 Å². The molecule has 0 aliphatic heterocycles. The van der Waals surface area contributed by atoms with Crippen LogP contribution >= 0.6 is 45.5 Å². The van der Waals surface area contributed by atoms with Crippen LogP contribution in [0.25, 0.3) is 11.0 Å². The van der Waals surface area contributed by atoms with Gasteiger partial charge in [0.2, 0.25) is 0 Å². The summed E-state index contributed by atoms with van der Waals surface area (Å²) in [5, 5.41) is 0. The van der Waals surface area contributed by atoms with Crippen molar-refractivity contribution in [1.82, 2.24) is 7.76 Å². The summed E-state index contributed by atoms with van der Waals surface area (Å²) in [6.07, 6.45) is 0. The minimum Gasteiger partial charge on any atom is -0.268 e. The standard InChI is InChI=1S/C8H6I2N2/c1-5-11-7-3-2-6(9)4-8(7)12(5)10/h2-4H,1H3. The quantitative estimate of drug-likeness (QED) is 0.639. The Bertz CT molecular complexity index is 434. The fourth-order valence-electron chi connectivity index (χ4n) is 1.14. The Morgan fingerprint density at radius 3 is 2.92 bits per heavy atom. The molecular formula is C8H6I2N2. The van der Waals surface area contributed by atoms with Gasteiger partial charge in [0.25, 0.3) is 0 Å². The summed E-state index contributed by atoms with van der Waals surface area (Å²) < 4.78 is 3.33. The van der Waals surface area contributed by atoms with Gasteiger partial charge in [-0.3, -0.25) is 2.78 Å². The monoisotopic (exact) mass is 384 g/mol. The Labute approximate surface area is 98.0 Å². The normalized spacial score (nSPS) is 10.9. The predicted octanol–water partition coefficient (Wildman–Crippen LogP) is 3.15. The number of benzene rings is 1. The summed E-state index contributed by atoms with van der Waals surface area (Å²) in [5.41, 5.74) is 2.27. The third-order valence-corrected chi connectivity index (χ3v) is 3.60. The molecule has 1 aromatic carbocycles. The summed E-state index contributed by atoms with van der Waals surface area (Å²) in [6, 6.07) is 6.27. The Kier molecular flexibility index (Phi) is 2.28. The first-order chi connectivity index (χ1) is 5.68. The summed E-state index contributed by atoms with van der Waals surface area (Å²) >= 11 is 4.57. The van der Waals surface area contributed by atoms with Crippen LogP contribution in [0.1, 0.15) is 5.82 Å². The highest BCUT2D eigenvalue weighted by atomic mass is 127. The van der Waals surface area contributed by atoms with Crippen LogP contribution in [-0.2, 0) is 0 Å². The summed E-state index contributed by atoms with van der Waals surface area (Å²) in [7, 11) is 0. The van der Waals surface area contributed by atoms with E-state index in [1.165, 1.54) is 9.09 Å². The number of nitrogens with zero attached hydrogens (tertiary/aromatic N) is 2. The van der Waals surface area contributed by atoms with Gasteiger partial charge < -0.3 is 0 Å². The van der Waals surface area contributed by atoms with E-state index in [9.17, 15) is 0 Å². The zero-order valence-corrected chi connectivity index (χ0v) is 10.7. The Morgan fingerprint density at radius 2 is 2.17 bits per heavy atom. The molecule has 1 heterocycles. The van der Waals surface area contributed by atoms with E-state index in [-0.39, 0.29) is 0 Å². The Balaban J connectivity index is 2.88. The van der Waals surface area contributed by atoms with E-state index in [1.807, 2.05) is 6.92 Å². The highest BCUT2D eigenvalue weighted by Gasteiger charge is 2.03. The third kappa shape index (κ3) is 1.34.